The number of benzene rings is 2. The molecule has 0 bridgehead atoms. The van der Waals surface area contributed by atoms with Gasteiger partial charge >= 0.3 is 5.97 Å². The molecule has 0 atom stereocenters. The average molecular weight is 433 g/mol. The topological polar surface area (TPSA) is 47.6 Å². The Labute approximate surface area is 159 Å². The van der Waals surface area contributed by atoms with E-state index >= 15 is 0 Å². The predicted octanol–water partition coefficient (Wildman–Crippen LogP) is 5.34. The van der Waals surface area contributed by atoms with Gasteiger partial charge in [-0.1, -0.05) is 23.2 Å². The number of aryl methyl sites for hydroxylation is 1. The number of nitrogens with one attached hydrogen (secondary N) is 1. The van der Waals surface area contributed by atoms with Gasteiger partial charge in [0.2, 0.25) is 0 Å². The van der Waals surface area contributed by atoms with Crippen molar-refractivity contribution in [3.63, 3.8) is 0 Å². The Bertz CT molecular complexity index is 753. The van der Waals surface area contributed by atoms with Gasteiger partial charge in [-0.05, 0) is 52.7 Å². The van der Waals surface area contributed by atoms with Crippen molar-refractivity contribution in [1.82, 2.24) is 0 Å². The highest BCUT2D eigenvalue weighted by molar-refractivity contribution is 9.10. The number of anilines is 1. The minimum Gasteiger partial charge on any atom is -0.490 e. The van der Waals surface area contributed by atoms with Crippen molar-refractivity contribution >= 4 is 50.8 Å². The molecule has 0 amide bonds. The number of hydrogen-bond acceptors (Lipinski definition) is 4. The lowest BCUT2D eigenvalue weighted by molar-refractivity contribution is 0.0601. The van der Waals surface area contributed by atoms with Crippen LogP contribution in [0.3, 0.4) is 0 Å². The number of ether oxygens (including phenoxy) is 2. The highest BCUT2D eigenvalue weighted by atomic mass is 79.9. The highest BCUT2D eigenvalue weighted by Gasteiger charge is 2.15. The molecule has 0 saturated carbocycles. The third-order valence-electron chi connectivity index (χ3n) is 3.19. The summed E-state index contributed by atoms with van der Waals surface area (Å²) in [4.78, 5) is 11.9. The molecule has 0 unspecified atom stereocenters. The van der Waals surface area contributed by atoms with Crippen LogP contribution in [0.5, 0.6) is 5.75 Å². The number of methoxy groups -OCH3 is 1. The molecule has 0 aliphatic rings. The second-order valence-electron chi connectivity index (χ2n) is 5.01. The van der Waals surface area contributed by atoms with Crippen molar-refractivity contribution < 1.29 is 14.3 Å². The van der Waals surface area contributed by atoms with E-state index in [2.05, 4.69) is 21.2 Å². The molecule has 0 fully saturated rings. The van der Waals surface area contributed by atoms with Crippen molar-refractivity contribution in [2.45, 2.75) is 6.92 Å². The Kier molecular flexibility index (Phi) is 6.78. The van der Waals surface area contributed by atoms with Crippen LogP contribution in [0.25, 0.3) is 0 Å². The highest BCUT2D eigenvalue weighted by Crippen LogP contribution is 2.30. The minimum atomic E-state index is -0.402. The van der Waals surface area contributed by atoms with Gasteiger partial charge < -0.3 is 14.8 Å². The molecule has 2 aromatic rings. The predicted molar refractivity (Wildman–Crippen MR) is 101 cm³/mol. The number of hydrogen-bond donors (Lipinski definition) is 1. The van der Waals surface area contributed by atoms with E-state index in [-0.39, 0.29) is 0 Å². The summed E-state index contributed by atoms with van der Waals surface area (Å²) in [7, 11) is 1.35. The zero-order valence-corrected chi connectivity index (χ0v) is 16.3. The van der Waals surface area contributed by atoms with E-state index in [1.54, 1.807) is 24.3 Å². The Balaban J connectivity index is 2.04. The van der Waals surface area contributed by atoms with Crippen LogP contribution in [0.15, 0.2) is 34.8 Å². The SMILES string of the molecule is COC(=O)c1cc(C)cc(Br)c1NCCOc1cc(Cl)ccc1Cl. The zero-order valence-electron chi connectivity index (χ0n) is 13.2. The number of carbonyl (C=O) groups excluding carboxylic acids is 1. The van der Waals surface area contributed by atoms with E-state index in [4.69, 9.17) is 32.7 Å². The van der Waals surface area contributed by atoms with Gasteiger partial charge in [-0.2, -0.15) is 0 Å². The van der Waals surface area contributed by atoms with Gasteiger partial charge in [0.1, 0.15) is 12.4 Å². The molecular formula is C17H16BrCl2NO3. The van der Waals surface area contributed by atoms with Crippen LogP contribution in [0, 0.1) is 6.92 Å². The van der Waals surface area contributed by atoms with Crippen LogP contribution >= 0.6 is 39.1 Å². The first-order valence-electron chi connectivity index (χ1n) is 7.12. The maximum absolute atomic E-state index is 11.9. The summed E-state index contributed by atoms with van der Waals surface area (Å²) < 4.78 is 11.2. The fourth-order valence-corrected chi connectivity index (χ4v) is 3.17. The largest absolute Gasteiger partial charge is 0.490 e. The van der Waals surface area contributed by atoms with Gasteiger partial charge in [0.15, 0.2) is 0 Å². The quantitative estimate of drug-likeness (QED) is 0.494. The molecule has 24 heavy (non-hydrogen) atoms. The first-order chi connectivity index (χ1) is 11.4. The number of rotatable bonds is 6. The molecule has 4 nitrogen and oxygen atoms in total. The minimum absolute atomic E-state index is 0.348. The Hall–Kier alpha value is -1.43. The monoisotopic (exact) mass is 431 g/mol. The molecule has 7 heteroatoms. The average Bonchev–Trinajstić information content (AvgIpc) is 2.54. The Morgan fingerprint density at radius 2 is 2.00 bits per heavy atom. The van der Waals surface area contributed by atoms with Crippen LogP contribution in [-0.4, -0.2) is 26.2 Å². The molecule has 2 aromatic carbocycles. The number of halogens is 3. The van der Waals surface area contributed by atoms with Gasteiger partial charge in [-0.25, -0.2) is 4.79 Å². The van der Waals surface area contributed by atoms with Crippen molar-refractivity contribution in [1.29, 1.82) is 0 Å². The molecule has 0 heterocycles. The third kappa shape index (κ3) is 4.79. The lowest BCUT2D eigenvalue weighted by Crippen LogP contribution is -2.15. The molecular weight excluding hydrogens is 417 g/mol. The summed E-state index contributed by atoms with van der Waals surface area (Å²) in [5, 5.41) is 4.22. The van der Waals surface area contributed by atoms with Gasteiger partial charge in [-0.3, -0.25) is 0 Å². The zero-order chi connectivity index (χ0) is 17.7. The third-order valence-corrected chi connectivity index (χ3v) is 4.37. The van der Waals surface area contributed by atoms with Gasteiger partial charge in [0.05, 0.1) is 23.4 Å². The first-order valence-corrected chi connectivity index (χ1v) is 8.67. The first kappa shape index (κ1) is 18.9. The van der Waals surface area contributed by atoms with Crippen LogP contribution < -0.4 is 10.1 Å². The van der Waals surface area contributed by atoms with Gasteiger partial charge in [-0.15, -0.1) is 0 Å². The van der Waals surface area contributed by atoms with Gasteiger partial charge in [0, 0.05) is 22.1 Å². The second-order valence-corrected chi connectivity index (χ2v) is 6.71. The summed E-state index contributed by atoms with van der Waals surface area (Å²) in [6.07, 6.45) is 0. The van der Waals surface area contributed by atoms with E-state index in [1.807, 2.05) is 13.0 Å². The standard InChI is InChI=1S/C17H16BrCl2NO3/c1-10-7-12(17(22)23-2)16(13(18)8-10)21-5-6-24-15-9-11(19)3-4-14(15)20/h3-4,7-9,21H,5-6H2,1-2H3. The molecule has 0 spiro atoms. The van der Waals surface area contributed by atoms with Crippen LogP contribution in [0.1, 0.15) is 15.9 Å². The van der Waals surface area contributed by atoms with Gasteiger partial charge in [0.25, 0.3) is 0 Å². The lowest BCUT2D eigenvalue weighted by atomic mass is 10.1. The summed E-state index contributed by atoms with van der Waals surface area (Å²) in [5.41, 5.74) is 2.08. The van der Waals surface area contributed by atoms with Crippen molar-refractivity contribution in [2.75, 3.05) is 25.6 Å². The van der Waals surface area contributed by atoms with Crippen LogP contribution in [-0.2, 0) is 4.74 Å². The fraction of sp³-hybridized carbons (Fsp3) is 0.235. The maximum atomic E-state index is 11.9. The van der Waals surface area contributed by atoms with Crippen molar-refractivity contribution in [3.05, 3.63) is 56.0 Å². The van der Waals surface area contributed by atoms with Crippen molar-refractivity contribution in [3.8, 4) is 5.75 Å². The molecule has 0 aliphatic heterocycles. The van der Waals surface area contributed by atoms with Crippen LogP contribution in [0.4, 0.5) is 5.69 Å². The molecule has 128 valence electrons. The van der Waals surface area contributed by atoms with E-state index in [0.717, 1.165) is 10.0 Å². The maximum Gasteiger partial charge on any atom is 0.340 e. The molecule has 0 aromatic heterocycles. The Morgan fingerprint density at radius 3 is 2.71 bits per heavy atom. The van der Waals surface area contributed by atoms with Crippen LogP contribution in [0.2, 0.25) is 10.0 Å². The second kappa shape index (κ2) is 8.60. The number of esters is 1. The molecule has 0 saturated heterocycles. The summed E-state index contributed by atoms with van der Waals surface area (Å²) in [5.74, 6) is 0.114. The molecule has 0 radical (unpaired) electrons. The summed E-state index contributed by atoms with van der Waals surface area (Å²) >= 11 is 15.4. The van der Waals surface area contributed by atoms with E-state index in [0.29, 0.717) is 40.2 Å². The molecule has 0 aliphatic carbocycles. The van der Waals surface area contributed by atoms with E-state index in [9.17, 15) is 4.79 Å². The van der Waals surface area contributed by atoms with Crippen molar-refractivity contribution in [2.24, 2.45) is 0 Å². The van der Waals surface area contributed by atoms with E-state index in [1.165, 1.54) is 7.11 Å². The fourth-order valence-electron chi connectivity index (χ4n) is 2.12. The van der Waals surface area contributed by atoms with E-state index < -0.39 is 5.97 Å². The normalized spacial score (nSPS) is 10.4. The molecule has 2 rings (SSSR count). The number of carbonyl (C=O) groups is 1. The lowest BCUT2D eigenvalue weighted by Gasteiger charge is -2.15. The summed E-state index contributed by atoms with van der Waals surface area (Å²) in [6.45, 7) is 2.72. The smallest absolute Gasteiger partial charge is 0.340 e. The molecule has 1 N–H and O–H groups in total. The Morgan fingerprint density at radius 1 is 1.25 bits per heavy atom. The summed E-state index contributed by atoms with van der Waals surface area (Å²) in [6, 6.07) is 8.72.